The first kappa shape index (κ1) is 16.6. The van der Waals surface area contributed by atoms with Gasteiger partial charge in [0, 0.05) is 51.9 Å². The zero-order valence-corrected chi connectivity index (χ0v) is 13.2. The van der Waals surface area contributed by atoms with Gasteiger partial charge in [-0.15, -0.1) is 0 Å². The van der Waals surface area contributed by atoms with E-state index in [2.05, 4.69) is 10.3 Å². The van der Waals surface area contributed by atoms with Crippen LogP contribution in [0.4, 0.5) is 14.6 Å². The molecule has 6 nitrogen and oxygen atoms in total. The molecule has 1 aromatic rings. The molecule has 24 heavy (non-hydrogen) atoms. The van der Waals surface area contributed by atoms with Crippen LogP contribution >= 0.6 is 0 Å². The van der Waals surface area contributed by atoms with Crippen molar-refractivity contribution in [2.24, 2.45) is 5.92 Å². The highest BCUT2D eigenvalue weighted by molar-refractivity contribution is 5.80. The van der Waals surface area contributed by atoms with Gasteiger partial charge in [-0.25, -0.2) is 13.8 Å². The number of alkyl halides is 2. The van der Waals surface area contributed by atoms with Crippen LogP contribution in [0.3, 0.4) is 0 Å². The number of amides is 1. The zero-order chi connectivity index (χ0) is 17.2. The molecule has 0 saturated carbocycles. The number of piperidine rings is 1. The molecule has 0 radical (unpaired) electrons. The predicted octanol–water partition coefficient (Wildman–Crippen LogP) is 0.847. The van der Waals surface area contributed by atoms with Crippen LogP contribution in [0, 0.1) is 17.2 Å². The number of piperazine rings is 1. The van der Waals surface area contributed by atoms with Crippen molar-refractivity contribution in [2.45, 2.75) is 12.3 Å². The summed E-state index contributed by atoms with van der Waals surface area (Å²) >= 11 is 0. The Balaban J connectivity index is 1.60. The normalized spacial score (nSPS) is 23.6. The molecule has 2 saturated heterocycles. The first-order chi connectivity index (χ1) is 11.5. The molecule has 2 aliphatic heterocycles. The number of aromatic nitrogens is 1. The number of nitrogens with zero attached hydrogens (tertiary/aromatic N) is 4. The van der Waals surface area contributed by atoms with Gasteiger partial charge in [0.2, 0.25) is 5.91 Å². The maximum Gasteiger partial charge on any atom is 0.262 e. The van der Waals surface area contributed by atoms with E-state index in [9.17, 15) is 13.6 Å². The minimum atomic E-state index is -2.94. The van der Waals surface area contributed by atoms with Gasteiger partial charge in [-0.05, 0) is 12.1 Å². The number of nitriles is 1. The van der Waals surface area contributed by atoms with Gasteiger partial charge in [0.05, 0.1) is 5.56 Å². The molecule has 0 aromatic carbocycles. The summed E-state index contributed by atoms with van der Waals surface area (Å²) in [4.78, 5) is 20.2. The molecule has 8 heteroatoms. The van der Waals surface area contributed by atoms with Crippen LogP contribution in [0.1, 0.15) is 12.0 Å². The summed E-state index contributed by atoms with van der Waals surface area (Å²) in [6.45, 7) is 2.14. The molecule has 3 rings (SSSR count). The average Bonchev–Trinajstić information content (AvgIpc) is 2.61. The Morgan fingerprint density at radius 2 is 2.08 bits per heavy atom. The molecule has 0 aliphatic carbocycles. The Hall–Kier alpha value is -2.27. The lowest BCUT2D eigenvalue weighted by molar-refractivity contribution is -0.154. The summed E-state index contributed by atoms with van der Waals surface area (Å²) in [6.07, 6.45) is 1.21. The Morgan fingerprint density at radius 3 is 2.67 bits per heavy atom. The first-order valence-corrected chi connectivity index (χ1v) is 8.00. The second-order valence-electron chi connectivity index (χ2n) is 6.10. The van der Waals surface area contributed by atoms with Gasteiger partial charge in [-0.2, -0.15) is 5.26 Å². The zero-order valence-electron chi connectivity index (χ0n) is 13.2. The first-order valence-electron chi connectivity index (χ1n) is 8.00. The van der Waals surface area contributed by atoms with Crippen molar-refractivity contribution >= 4 is 11.7 Å². The van der Waals surface area contributed by atoms with Crippen molar-refractivity contribution < 1.29 is 13.6 Å². The maximum absolute atomic E-state index is 14.0. The highest BCUT2D eigenvalue weighted by Crippen LogP contribution is 2.32. The number of rotatable bonds is 2. The molecule has 1 unspecified atom stereocenters. The minimum Gasteiger partial charge on any atom is -0.353 e. The number of anilines is 1. The van der Waals surface area contributed by atoms with Crippen LogP contribution in [0.2, 0.25) is 0 Å². The Kier molecular flexibility index (Phi) is 4.62. The van der Waals surface area contributed by atoms with Crippen molar-refractivity contribution in [3.8, 4) is 6.07 Å². The van der Waals surface area contributed by atoms with Gasteiger partial charge in [0.25, 0.3) is 5.92 Å². The predicted molar refractivity (Wildman–Crippen MR) is 83.7 cm³/mol. The summed E-state index contributed by atoms with van der Waals surface area (Å²) in [5.41, 5.74) is 0.486. The molecule has 1 N–H and O–H groups in total. The lowest BCUT2D eigenvalue weighted by atomic mass is 9.93. The van der Waals surface area contributed by atoms with E-state index < -0.39 is 17.7 Å². The lowest BCUT2D eigenvalue weighted by Crippen LogP contribution is -2.57. The fourth-order valence-corrected chi connectivity index (χ4v) is 3.11. The standard InChI is InChI=1S/C16H19F2N5O/c17-16(18)3-4-20-11-13(16)15(24)23-7-5-22(6-8-23)14-2-1-12(9-19)10-21-14/h1-2,10,13,20H,3-8,11H2. The van der Waals surface area contributed by atoms with Gasteiger partial charge >= 0.3 is 0 Å². The number of carbonyl (C=O) groups is 1. The van der Waals surface area contributed by atoms with Crippen molar-refractivity contribution in [1.29, 1.82) is 5.26 Å². The fraction of sp³-hybridized carbons (Fsp3) is 0.562. The number of halogens is 2. The minimum absolute atomic E-state index is 0.0310. The number of hydrogen-bond donors (Lipinski definition) is 1. The maximum atomic E-state index is 14.0. The molecule has 1 amide bonds. The second-order valence-corrected chi connectivity index (χ2v) is 6.10. The van der Waals surface area contributed by atoms with Gasteiger partial charge in [0.15, 0.2) is 0 Å². The van der Waals surface area contributed by atoms with Crippen molar-refractivity contribution in [1.82, 2.24) is 15.2 Å². The van der Waals surface area contributed by atoms with Crippen LogP contribution in [0.5, 0.6) is 0 Å². The highest BCUT2D eigenvalue weighted by atomic mass is 19.3. The van der Waals surface area contributed by atoms with E-state index in [0.717, 1.165) is 5.82 Å². The summed E-state index contributed by atoms with van der Waals surface area (Å²) in [7, 11) is 0. The van der Waals surface area contributed by atoms with Crippen LogP contribution < -0.4 is 10.2 Å². The Bertz CT molecular complexity index is 635. The summed E-state index contributed by atoms with van der Waals surface area (Å²) < 4.78 is 27.9. The SMILES string of the molecule is N#Cc1ccc(N2CCN(C(=O)C3CNCCC3(F)F)CC2)nc1. The molecule has 2 fully saturated rings. The Morgan fingerprint density at radius 1 is 1.33 bits per heavy atom. The van der Waals surface area contributed by atoms with Crippen molar-refractivity contribution in [3.63, 3.8) is 0 Å². The molecule has 1 aromatic heterocycles. The molecule has 2 aliphatic rings. The molecule has 3 heterocycles. The number of nitrogens with one attached hydrogen (secondary N) is 1. The van der Waals surface area contributed by atoms with Crippen LogP contribution in [-0.2, 0) is 4.79 Å². The molecular formula is C16H19F2N5O. The van der Waals surface area contributed by atoms with Crippen LogP contribution in [-0.4, -0.2) is 61.0 Å². The number of carbonyl (C=O) groups excluding carboxylic acids is 1. The van der Waals surface area contributed by atoms with E-state index in [4.69, 9.17) is 5.26 Å². The largest absolute Gasteiger partial charge is 0.353 e. The summed E-state index contributed by atoms with van der Waals surface area (Å²) in [5.74, 6) is -3.95. The quantitative estimate of drug-likeness (QED) is 0.867. The van der Waals surface area contributed by atoms with Crippen molar-refractivity contribution in [2.75, 3.05) is 44.2 Å². The Labute approximate surface area is 139 Å². The van der Waals surface area contributed by atoms with E-state index in [1.165, 1.54) is 11.1 Å². The third kappa shape index (κ3) is 3.31. The third-order valence-corrected chi connectivity index (χ3v) is 4.58. The third-order valence-electron chi connectivity index (χ3n) is 4.58. The number of pyridine rings is 1. The molecule has 0 spiro atoms. The molecule has 1 atom stereocenters. The number of hydrogen-bond acceptors (Lipinski definition) is 5. The van der Waals surface area contributed by atoms with Gasteiger partial charge in [0.1, 0.15) is 17.8 Å². The van der Waals surface area contributed by atoms with Crippen molar-refractivity contribution in [3.05, 3.63) is 23.9 Å². The second kappa shape index (κ2) is 6.69. The monoisotopic (exact) mass is 335 g/mol. The average molecular weight is 335 g/mol. The topological polar surface area (TPSA) is 72.3 Å². The van der Waals surface area contributed by atoms with Gasteiger partial charge < -0.3 is 15.1 Å². The van der Waals surface area contributed by atoms with Gasteiger partial charge in [-0.1, -0.05) is 0 Å². The highest BCUT2D eigenvalue weighted by Gasteiger charge is 2.47. The van der Waals surface area contributed by atoms with Crippen LogP contribution in [0.25, 0.3) is 0 Å². The van der Waals surface area contributed by atoms with E-state index in [1.807, 2.05) is 11.0 Å². The molecule has 128 valence electrons. The summed E-state index contributed by atoms with van der Waals surface area (Å²) in [6, 6.07) is 5.46. The summed E-state index contributed by atoms with van der Waals surface area (Å²) in [5, 5.41) is 11.7. The molecular weight excluding hydrogens is 316 g/mol. The smallest absolute Gasteiger partial charge is 0.262 e. The van der Waals surface area contributed by atoms with E-state index in [1.54, 1.807) is 12.1 Å². The van der Waals surface area contributed by atoms with Gasteiger partial charge in [-0.3, -0.25) is 4.79 Å². The molecule has 0 bridgehead atoms. The van der Waals surface area contributed by atoms with E-state index in [-0.39, 0.29) is 19.5 Å². The van der Waals surface area contributed by atoms with Crippen LogP contribution in [0.15, 0.2) is 18.3 Å². The van der Waals surface area contributed by atoms with E-state index >= 15 is 0 Å². The fourth-order valence-electron chi connectivity index (χ4n) is 3.11. The van der Waals surface area contributed by atoms with E-state index in [0.29, 0.717) is 31.7 Å². The lowest BCUT2D eigenvalue weighted by Gasteiger charge is -2.39.